The topological polar surface area (TPSA) is 61.8 Å². The van der Waals surface area contributed by atoms with Crippen LogP contribution in [0.4, 0.5) is 10.5 Å². The fourth-order valence-electron chi connectivity index (χ4n) is 2.84. The van der Waals surface area contributed by atoms with E-state index in [4.69, 9.17) is 16.3 Å². The first kappa shape index (κ1) is 17.9. The lowest BCUT2D eigenvalue weighted by Crippen LogP contribution is -2.46. The summed E-state index contributed by atoms with van der Waals surface area (Å²) in [5, 5.41) is 12.7. The molecule has 0 bridgehead atoms. The SMILES string of the molecule is CCCOc1ccc(Cl)cc1NC(=O)N1CCCC[C@H]1CCO. The number of aliphatic hydroxyl groups excluding tert-OH is 1. The molecule has 2 amide bonds. The van der Waals surface area contributed by atoms with Crippen molar-refractivity contribution in [3.63, 3.8) is 0 Å². The van der Waals surface area contributed by atoms with E-state index in [9.17, 15) is 9.90 Å². The van der Waals surface area contributed by atoms with Crippen LogP contribution >= 0.6 is 11.6 Å². The molecule has 0 saturated carbocycles. The summed E-state index contributed by atoms with van der Waals surface area (Å²) >= 11 is 6.04. The van der Waals surface area contributed by atoms with Crippen LogP contribution < -0.4 is 10.1 Å². The van der Waals surface area contributed by atoms with Gasteiger partial charge in [0.15, 0.2) is 0 Å². The number of aliphatic hydroxyl groups is 1. The largest absolute Gasteiger partial charge is 0.491 e. The minimum absolute atomic E-state index is 0.0907. The molecule has 1 atom stereocenters. The van der Waals surface area contributed by atoms with E-state index in [1.54, 1.807) is 18.2 Å². The molecule has 1 aliphatic rings. The van der Waals surface area contributed by atoms with Gasteiger partial charge >= 0.3 is 6.03 Å². The van der Waals surface area contributed by atoms with Crippen LogP contribution in [0.1, 0.15) is 39.0 Å². The van der Waals surface area contributed by atoms with Gasteiger partial charge in [0.2, 0.25) is 0 Å². The van der Waals surface area contributed by atoms with Gasteiger partial charge in [0.25, 0.3) is 0 Å². The van der Waals surface area contributed by atoms with Gasteiger partial charge in [0, 0.05) is 24.2 Å². The number of nitrogens with zero attached hydrogens (tertiary/aromatic N) is 1. The summed E-state index contributed by atoms with van der Waals surface area (Å²) in [5.74, 6) is 0.625. The van der Waals surface area contributed by atoms with Gasteiger partial charge in [0.05, 0.1) is 12.3 Å². The fraction of sp³-hybridized carbons (Fsp3) is 0.588. The van der Waals surface area contributed by atoms with Crippen molar-refractivity contribution in [2.24, 2.45) is 0 Å². The molecule has 6 heteroatoms. The highest BCUT2D eigenvalue weighted by Crippen LogP contribution is 2.29. The van der Waals surface area contributed by atoms with Gasteiger partial charge in [-0.1, -0.05) is 18.5 Å². The van der Waals surface area contributed by atoms with E-state index >= 15 is 0 Å². The Balaban J connectivity index is 2.10. The first-order chi connectivity index (χ1) is 11.2. The van der Waals surface area contributed by atoms with Crippen molar-refractivity contribution in [1.29, 1.82) is 0 Å². The van der Waals surface area contributed by atoms with Gasteiger partial charge in [0.1, 0.15) is 5.75 Å². The van der Waals surface area contributed by atoms with Crippen LogP contribution in [0.2, 0.25) is 5.02 Å². The Morgan fingerprint density at radius 2 is 2.30 bits per heavy atom. The van der Waals surface area contributed by atoms with Crippen LogP contribution in [-0.4, -0.2) is 41.8 Å². The second-order valence-electron chi connectivity index (χ2n) is 5.77. The number of rotatable bonds is 6. The first-order valence-electron chi connectivity index (χ1n) is 8.26. The standard InChI is InChI=1S/C17H25ClN2O3/c1-2-11-23-16-7-6-13(18)12-15(16)19-17(22)20-9-4-3-5-14(20)8-10-21/h6-7,12,14,21H,2-5,8-11H2,1H3,(H,19,22)/t14-/m0/s1. The number of halogens is 1. The Hall–Kier alpha value is -1.46. The number of hydrogen-bond donors (Lipinski definition) is 2. The average Bonchev–Trinajstić information content (AvgIpc) is 2.55. The van der Waals surface area contributed by atoms with Crippen molar-refractivity contribution in [3.05, 3.63) is 23.2 Å². The first-order valence-corrected chi connectivity index (χ1v) is 8.64. The maximum absolute atomic E-state index is 12.6. The Kier molecular flexibility index (Phi) is 6.99. The highest BCUT2D eigenvalue weighted by molar-refractivity contribution is 6.31. The number of amides is 2. The summed E-state index contributed by atoms with van der Waals surface area (Å²) in [6.45, 7) is 3.42. The number of nitrogens with one attached hydrogen (secondary N) is 1. The molecule has 1 heterocycles. The summed E-state index contributed by atoms with van der Waals surface area (Å²) in [5.41, 5.74) is 0.587. The Labute approximate surface area is 142 Å². The summed E-state index contributed by atoms with van der Waals surface area (Å²) < 4.78 is 5.67. The van der Waals surface area contributed by atoms with Crippen LogP contribution in [0.3, 0.4) is 0 Å². The molecule has 1 saturated heterocycles. The van der Waals surface area contributed by atoms with Crippen LogP contribution in [0.25, 0.3) is 0 Å². The third kappa shape index (κ3) is 5.01. The molecule has 0 radical (unpaired) electrons. The predicted molar refractivity (Wildman–Crippen MR) is 92.3 cm³/mol. The zero-order valence-electron chi connectivity index (χ0n) is 13.6. The van der Waals surface area contributed by atoms with Gasteiger partial charge in [-0.15, -0.1) is 0 Å². The zero-order chi connectivity index (χ0) is 16.7. The minimum atomic E-state index is -0.160. The number of carbonyl (C=O) groups excluding carboxylic acids is 1. The fourth-order valence-corrected chi connectivity index (χ4v) is 3.01. The third-order valence-electron chi connectivity index (χ3n) is 4.00. The third-order valence-corrected chi connectivity index (χ3v) is 4.23. The highest BCUT2D eigenvalue weighted by Gasteiger charge is 2.26. The van der Waals surface area contributed by atoms with Crippen molar-refractivity contribution in [1.82, 2.24) is 4.90 Å². The molecule has 0 aromatic heterocycles. The zero-order valence-corrected chi connectivity index (χ0v) is 14.3. The predicted octanol–water partition coefficient (Wildman–Crippen LogP) is 3.90. The van der Waals surface area contributed by atoms with E-state index < -0.39 is 0 Å². The van der Waals surface area contributed by atoms with Gasteiger partial charge in [-0.2, -0.15) is 0 Å². The lowest BCUT2D eigenvalue weighted by Gasteiger charge is -2.35. The normalized spacial score (nSPS) is 17.9. The molecule has 1 fully saturated rings. The molecule has 0 unspecified atom stereocenters. The van der Waals surface area contributed by atoms with Gasteiger partial charge in [-0.3, -0.25) is 0 Å². The van der Waals surface area contributed by atoms with E-state index in [2.05, 4.69) is 5.32 Å². The molecule has 5 nitrogen and oxygen atoms in total. The van der Waals surface area contributed by atoms with Crippen LogP contribution in [0.5, 0.6) is 5.75 Å². The summed E-state index contributed by atoms with van der Waals surface area (Å²) in [7, 11) is 0. The van der Waals surface area contributed by atoms with E-state index in [0.717, 1.165) is 25.7 Å². The molecule has 128 valence electrons. The van der Waals surface area contributed by atoms with E-state index in [-0.39, 0.29) is 18.7 Å². The Morgan fingerprint density at radius 3 is 3.04 bits per heavy atom. The van der Waals surface area contributed by atoms with Gasteiger partial charge in [-0.05, 0) is 50.3 Å². The number of anilines is 1. The van der Waals surface area contributed by atoms with Crippen molar-refractivity contribution >= 4 is 23.3 Å². The maximum atomic E-state index is 12.6. The molecule has 1 aromatic rings. The number of benzene rings is 1. The summed E-state index contributed by atoms with van der Waals surface area (Å²) in [6, 6.07) is 5.15. The van der Waals surface area contributed by atoms with Crippen LogP contribution in [0, 0.1) is 0 Å². The number of likely N-dealkylation sites (tertiary alicyclic amines) is 1. The Bertz CT molecular complexity index is 523. The van der Waals surface area contributed by atoms with Gasteiger partial charge in [-0.25, -0.2) is 4.79 Å². The molecule has 2 N–H and O–H groups in total. The highest BCUT2D eigenvalue weighted by atomic mass is 35.5. The number of ether oxygens (including phenoxy) is 1. The number of hydrogen-bond acceptors (Lipinski definition) is 3. The van der Waals surface area contributed by atoms with Crippen LogP contribution in [0.15, 0.2) is 18.2 Å². The van der Waals surface area contributed by atoms with Crippen molar-refractivity contribution in [2.45, 2.75) is 45.1 Å². The minimum Gasteiger partial charge on any atom is -0.491 e. The second kappa shape index (κ2) is 8.99. The smallest absolute Gasteiger partial charge is 0.322 e. The lowest BCUT2D eigenvalue weighted by molar-refractivity contribution is 0.141. The summed E-state index contributed by atoms with van der Waals surface area (Å²) in [4.78, 5) is 14.4. The molecule has 0 aliphatic carbocycles. The van der Waals surface area contributed by atoms with Crippen LogP contribution in [-0.2, 0) is 0 Å². The van der Waals surface area contributed by atoms with Crippen molar-refractivity contribution in [2.75, 3.05) is 25.1 Å². The number of piperidine rings is 1. The Morgan fingerprint density at radius 1 is 1.48 bits per heavy atom. The van der Waals surface area contributed by atoms with Crippen molar-refractivity contribution in [3.8, 4) is 5.75 Å². The molecular weight excluding hydrogens is 316 g/mol. The summed E-state index contributed by atoms with van der Waals surface area (Å²) in [6.07, 6.45) is 4.52. The van der Waals surface area contributed by atoms with Crippen molar-refractivity contribution < 1.29 is 14.6 Å². The molecule has 0 spiro atoms. The molecule has 1 aromatic carbocycles. The second-order valence-corrected chi connectivity index (χ2v) is 6.21. The number of urea groups is 1. The molecular formula is C17H25ClN2O3. The van der Waals surface area contributed by atoms with Gasteiger partial charge < -0.3 is 20.1 Å². The maximum Gasteiger partial charge on any atom is 0.322 e. The molecule has 1 aliphatic heterocycles. The quantitative estimate of drug-likeness (QED) is 0.825. The van der Waals surface area contributed by atoms with E-state index in [1.165, 1.54) is 0 Å². The molecule has 2 rings (SSSR count). The molecule has 23 heavy (non-hydrogen) atoms. The lowest BCUT2D eigenvalue weighted by atomic mass is 10.0. The van der Waals surface area contributed by atoms with E-state index in [1.807, 2.05) is 11.8 Å². The van der Waals surface area contributed by atoms with E-state index in [0.29, 0.717) is 36.0 Å². The average molecular weight is 341 g/mol. The number of carbonyl (C=O) groups is 1. The monoisotopic (exact) mass is 340 g/mol.